The van der Waals surface area contributed by atoms with Gasteiger partial charge in [-0.2, -0.15) is 10.2 Å². The molecule has 5 heteroatoms. The molecule has 214 valence electrons. The van der Waals surface area contributed by atoms with Crippen molar-refractivity contribution in [2.45, 2.75) is 96.8 Å². The first-order valence-corrected chi connectivity index (χ1v) is 15.3. The third kappa shape index (κ3) is 13.1. The van der Waals surface area contributed by atoms with Crippen LogP contribution in [0.5, 0.6) is 11.5 Å². The summed E-state index contributed by atoms with van der Waals surface area (Å²) in [4.78, 5) is 12.5. The summed E-state index contributed by atoms with van der Waals surface area (Å²) in [5.74, 6) is 0.832. The lowest BCUT2D eigenvalue weighted by Crippen LogP contribution is -2.08. The Morgan fingerprint density at radius 1 is 0.550 bits per heavy atom. The van der Waals surface area contributed by atoms with Crippen molar-refractivity contribution in [1.82, 2.24) is 0 Å². The summed E-state index contributed by atoms with van der Waals surface area (Å²) in [6, 6.07) is 23.6. The Hall–Kier alpha value is -3.47. The molecule has 40 heavy (non-hydrogen) atoms. The van der Waals surface area contributed by atoms with Gasteiger partial charge in [0.2, 0.25) is 0 Å². The predicted octanol–water partition coefficient (Wildman–Crippen LogP) is 11.2. The van der Waals surface area contributed by atoms with E-state index in [1.165, 1.54) is 83.5 Å². The highest BCUT2D eigenvalue weighted by molar-refractivity contribution is 5.91. The van der Waals surface area contributed by atoms with E-state index in [1.807, 2.05) is 42.5 Å². The lowest BCUT2D eigenvalue weighted by Gasteiger charge is -2.08. The minimum Gasteiger partial charge on any atom is -0.494 e. The number of hydrogen-bond donors (Lipinski definition) is 0. The average molecular weight is 543 g/mol. The van der Waals surface area contributed by atoms with E-state index >= 15 is 0 Å². The monoisotopic (exact) mass is 542 g/mol. The van der Waals surface area contributed by atoms with Crippen LogP contribution in [0.15, 0.2) is 89.1 Å². The molecule has 0 fully saturated rings. The first-order valence-electron chi connectivity index (χ1n) is 15.3. The van der Waals surface area contributed by atoms with Gasteiger partial charge >= 0.3 is 5.97 Å². The summed E-state index contributed by atoms with van der Waals surface area (Å²) >= 11 is 0. The van der Waals surface area contributed by atoms with Crippen molar-refractivity contribution in [2.75, 3.05) is 6.61 Å². The molecule has 0 aromatic heterocycles. The SMILES string of the molecule is CCCCCCCCCCCCCCCCOc1ccc(C(=O)Oc2ccc(N=Nc3ccccc3)cc2)cc1. The maximum Gasteiger partial charge on any atom is 0.343 e. The van der Waals surface area contributed by atoms with Crippen LogP contribution in [-0.4, -0.2) is 12.6 Å². The molecule has 0 saturated carbocycles. The van der Waals surface area contributed by atoms with E-state index in [9.17, 15) is 4.79 Å². The Bertz CT molecular complexity index is 1100. The standard InChI is InChI=1S/C35H46N2O3/c1-2-3-4-5-6-7-8-9-10-11-12-13-14-18-29-39-33-25-21-30(22-26-33)35(38)40-34-27-23-32(24-28-34)37-36-31-19-16-15-17-20-31/h15-17,19-28H,2-14,18,29H2,1H3. The zero-order chi connectivity index (χ0) is 28.1. The number of nitrogens with zero attached hydrogens (tertiary/aromatic N) is 2. The zero-order valence-corrected chi connectivity index (χ0v) is 24.2. The molecule has 3 aromatic rings. The van der Waals surface area contributed by atoms with Crippen LogP contribution >= 0.6 is 0 Å². The molecule has 0 aliphatic heterocycles. The average Bonchev–Trinajstić information content (AvgIpc) is 2.99. The van der Waals surface area contributed by atoms with E-state index in [4.69, 9.17) is 9.47 Å². The van der Waals surface area contributed by atoms with Gasteiger partial charge in [0.1, 0.15) is 11.5 Å². The fourth-order valence-corrected chi connectivity index (χ4v) is 4.53. The Kier molecular flexibility index (Phi) is 15.2. The van der Waals surface area contributed by atoms with E-state index in [2.05, 4.69) is 17.2 Å². The maximum atomic E-state index is 12.5. The van der Waals surface area contributed by atoms with Gasteiger partial charge in [0.25, 0.3) is 0 Å². The van der Waals surface area contributed by atoms with Crippen molar-refractivity contribution in [3.8, 4) is 11.5 Å². The van der Waals surface area contributed by atoms with Crippen molar-refractivity contribution >= 4 is 17.3 Å². The minimum absolute atomic E-state index is 0.405. The molecule has 0 saturated heterocycles. The maximum absolute atomic E-state index is 12.5. The first kappa shape index (κ1) is 31.1. The highest BCUT2D eigenvalue weighted by atomic mass is 16.5. The zero-order valence-electron chi connectivity index (χ0n) is 24.2. The van der Waals surface area contributed by atoms with E-state index in [1.54, 1.807) is 36.4 Å². The number of rotatable bonds is 20. The number of azo groups is 1. The second kappa shape index (κ2) is 19.6. The highest BCUT2D eigenvalue weighted by Gasteiger charge is 2.09. The van der Waals surface area contributed by atoms with Crippen LogP contribution in [-0.2, 0) is 0 Å². The molecule has 3 rings (SSSR count). The molecule has 0 radical (unpaired) electrons. The van der Waals surface area contributed by atoms with Crippen LogP contribution in [0, 0.1) is 0 Å². The molecule has 0 amide bonds. The third-order valence-electron chi connectivity index (χ3n) is 6.94. The first-order chi connectivity index (χ1) is 19.7. The fraction of sp³-hybridized carbons (Fsp3) is 0.457. The molecule has 0 spiro atoms. The smallest absolute Gasteiger partial charge is 0.343 e. The molecule has 3 aromatic carbocycles. The van der Waals surface area contributed by atoms with Crippen molar-refractivity contribution in [3.05, 3.63) is 84.4 Å². The van der Waals surface area contributed by atoms with E-state index in [0.717, 1.165) is 17.9 Å². The number of benzene rings is 3. The van der Waals surface area contributed by atoms with Crippen LogP contribution in [0.2, 0.25) is 0 Å². The minimum atomic E-state index is -0.405. The summed E-state index contributed by atoms with van der Waals surface area (Å²) < 4.78 is 11.4. The van der Waals surface area contributed by atoms with Crippen LogP contribution in [0.1, 0.15) is 107 Å². The number of carbonyl (C=O) groups is 1. The van der Waals surface area contributed by atoms with E-state index < -0.39 is 5.97 Å². The Morgan fingerprint density at radius 3 is 1.57 bits per heavy atom. The normalized spacial score (nSPS) is 11.1. The molecule has 0 heterocycles. The van der Waals surface area contributed by atoms with Crippen LogP contribution in [0.4, 0.5) is 11.4 Å². The van der Waals surface area contributed by atoms with Gasteiger partial charge in [0.15, 0.2) is 0 Å². The van der Waals surface area contributed by atoms with Crippen molar-refractivity contribution in [3.63, 3.8) is 0 Å². The summed E-state index contributed by atoms with van der Waals surface area (Å²) in [7, 11) is 0. The van der Waals surface area contributed by atoms with Crippen LogP contribution in [0.25, 0.3) is 0 Å². The quantitative estimate of drug-likeness (QED) is 0.0617. The molecule has 5 nitrogen and oxygen atoms in total. The predicted molar refractivity (Wildman–Crippen MR) is 164 cm³/mol. The van der Waals surface area contributed by atoms with Gasteiger partial charge in [-0.05, 0) is 67.1 Å². The number of hydrogen-bond acceptors (Lipinski definition) is 5. The molecule has 0 atom stereocenters. The van der Waals surface area contributed by atoms with Gasteiger partial charge in [0, 0.05) is 0 Å². The van der Waals surface area contributed by atoms with Crippen molar-refractivity contribution in [1.29, 1.82) is 0 Å². The number of carbonyl (C=O) groups excluding carboxylic acids is 1. The molecular formula is C35H46N2O3. The van der Waals surface area contributed by atoms with Crippen molar-refractivity contribution in [2.24, 2.45) is 10.2 Å². The Morgan fingerprint density at radius 2 is 1.02 bits per heavy atom. The number of esters is 1. The Labute approximate surface area is 241 Å². The number of ether oxygens (including phenoxy) is 2. The topological polar surface area (TPSA) is 60.2 Å². The molecule has 0 N–H and O–H groups in total. The summed E-state index contributed by atoms with van der Waals surface area (Å²) in [5, 5.41) is 8.40. The second-order valence-electron chi connectivity index (χ2n) is 10.4. The summed E-state index contributed by atoms with van der Waals surface area (Å²) in [6.07, 6.45) is 18.8. The van der Waals surface area contributed by atoms with Gasteiger partial charge in [-0.1, -0.05) is 109 Å². The van der Waals surface area contributed by atoms with E-state index in [-0.39, 0.29) is 0 Å². The van der Waals surface area contributed by atoms with Gasteiger partial charge in [-0.15, -0.1) is 0 Å². The molecule has 0 aliphatic rings. The third-order valence-corrected chi connectivity index (χ3v) is 6.94. The summed E-state index contributed by atoms with van der Waals surface area (Å²) in [5.41, 5.74) is 1.95. The lowest BCUT2D eigenvalue weighted by atomic mass is 10.0. The number of unbranched alkanes of at least 4 members (excludes halogenated alkanes) is 13. The summed E-state index contributed by atoms with van der Waals surface area (Å²) in [6.45, 7) is 2.98. The molecule has 0 bridgehead atoms. The highest BCUT2D eigenvalue weighted by Crippen LogP contribution is 2.22. The van der Waals surface area contributed by atoms with Crippen LogP contribution in [0.3, 0.4) is 0 Å². The van der Waals surface area contributed by atoms with Crippen LogP contribution < -0.4 is 9.47 Å². The Balaban J connectivity index is 1.23. The van der Waals surface area contributed by atoms with Gasteiger partial charge < -0.3 is 9.47 Å². The molecule has 0 unspecified atom stereocenters. The lowest BCUT2D eigenvalue weighted by molar-refractivity contribution is 0.0734. The van der Waals surface area contributed by atoms with Gasteiger partial charge in [-0.3, -0.25) is 0 Å². The van der Waals surface area contributed by atoms with Gasteiger partial charge in [0.05, 0.1) is 23.5 Å². The fourth-order valence-electron chi connectivity index (χ4n) is 4.53. The largest absolute Gasteiger partial charge is 0.494 e. The van der Waals surface area contributed by atoms with E-state index in [0.29, 0.717) is 23.6 Å². The molecule has 0 aliphatic carbocycles. The second-order valence-corrected chi connectivity index (χ2v) is 10.4. The van der Waals surface area contributed by atoms with Gasteiger partial charge in [-0.25, -0.2) is 4.79 Å². The van der Waals surface area contributed by atoms with Crippen molar-refractivity contribution < 1.29 is 14.3 Å². The molecular weight excluding hydrogens is 496 g/mol.